The summed E-state index contributed by atoms with van der Waals surface area (Å²) in [5.74, 6) is -0.668. The van der Waals surface area contributed by atoms with Gasteiger partial charge in [-0.05, 0) is 48.9 Å². The molecule has 1 amide bonds. The van der Waals surface area contributed by atoms with Crippen molar-refractivity contribution in [2.75, 3.05) is 19.0 Å². The van der Waals surface area contributed by atoms with Crippen LogP contribution in [0.25, 0.3) is 0 Å². The summed E-state index contributed by atoms with van der Waals surface area (Å²) in [6.07, 6.45) is 0. The van der Waals surface area contributed by atoms with E-state index in [9.17, 15) is 9.59 Å². The van der Waals surface area contributed by atoms with Crippen molar-refractivity contribution in [3.63, 3.8) is 0 Å². The Kier molecular flexibility index (Phi) is 5.65. The van der Waals surface area contributed by atoms with Gasteiger partial charge in [-0.1, -0.05) is 11.6 Å². The van der Waals surface area contributed by atoms with Gasteiger partial charge in [0.2, 0.25) is 0 Å². The molecule has 0 saturated heterocycles. The van der Waals surface area contributed by atoms with E-state index in [2.05, 4.69) is 5.32 Å². The van der Waals surface area contributed by atoms with Gasteiger partial charge in [0.05, 0.1) is 18.4 Å². The molecule has 2 rings (SSSR count). The molecule has 126 valence electrons. The Morgan fingerprint density at radius 2 is 1.96 bits per heavy atom. The van der Waals surface area contributed by atoms with Gasteiger partial charge in [0, 0.05) is 5.02 Å². The Morgan fingerprint density at radius 3 is 2.58 bits per heavy atom. The number of carbonyl (C=O) groups excluding carboxylic acids is 1. The van der Waals surface area contributed by atoms with Crippen molar-refractivity contribution in [2.24, 2.45) is 0 Å². The van der Waals surface area contributed by atoms with Crippen molar-refractivity contribution < 1.29 is 24.2 Å². The molecule has 2 N–H and O–H groups in total. The van der Waals surface area contributed by atoms with E-state index < -0.39 is 11.9 Å². The van der Waals surface area contributed by atoms with Gasteiger partial charge in [0.15, 0.2) is 6.61 Å². The normalized spacial score (nSPS) is 10.1. The minimum Gasteiger partial charge on any atom is -0.495 e. The number of aromatic carboxylic acids is 1. The first-order valence-electron chi connectivity index (χ1n) is 7.01. The van der Waals surface area contributed by atoms with E-state index in [0.29, 0.717) is 16.5 Å². The standard InChI is InChI=1S/C17H16ClNO5/c1-10-7-12(4-5-13(10)18)24-9-16(20)19-14-8-11(17(21)22)3-6-15(14)23-2/h3-8H,9H2,1-2H3,(H,19,20)(H,21,22). The van der Waals surface area contributed by atoms with Gasteiger partial charge in [-0.25, -0.2) is 4.79 Å². The minimum atomic E-state index is -1.10. The first-order chi connectivity index (χ1) is 11.4. The molecule has 0 radical (unpaired) electrons. The van der Waals surface area contributed by atoms with Gasteiger partial charge in [0.1, 0.15) is 11.5 Å². The highest BCUT2D eigenvalue weighted by molar-refractivity contribution is 6.31. The lowest BCUT2D eigenvalue weighted by Crippen LogP contribution is -2.20. The van der Waals surface area contributed by atoms with Crippen LogP contribution in [-0.4, -0.2) is 30.7 Å². The zero-order valence-electron chi connectivity index (χ0n) is 13.1. The number of rotatable bonds is 6. The minimum absolute atomic E-state index is 0.0420. The lowest BCUT2D eigenvalue weighted by atomic mass is 10.2. The Morgan fingerprint density at radius 1 is 1.21 bits per heavy atom. The SMILES string of the molecule is COc1ccc(C(=O)O)cc1NC(=O)COc1ccc(Cl)c(C)c1. The smallest absolute Gasteiger partial charge is 0.335 e. The van der Waals surface area contributed by atoms with E-state index in [0.717, 1.165) is 5.56 Å². The second kappa shape index (κ2) is 7.70. The third-order valence-corrected chi connectivity index (χ3v) is 3.64. The van der Waals surface area contributed by atoms with Crippen LogP contribution >= 0.6 is 11.6 Å². The average molecular weight is 350 g/mol. The molecule has 0 saturated carbocycles. The summed E-state index contributed by atoms with van der Waals surface area (Å²) in [5, 5.41) is 12.2. The molecule has 6 nitrogen and oxygen atoms in total. The predicted molar refractivity (Wildman–Crippen MR) is 90.3 cm³/mol. The van der Waals surface area contributed by atoms with Crippen molar-refractivity contribution in [3.05, 3.63) is 52.5 Å². The lowest BCUT2D eigenvalue weighted by Gasteiger charge is -2.12. The van der Waals surface area contributed by atoms with E-state index in [1.165, 1.54) is 25.3 Å². The summed E-state index contributed by atoms with van der Waals surface area (Å²) < 4.78 is 10.5. The average Bonchev–Trinajstić information content (AvgIpc) is 2.55. The number of hydrogen-bond acceptors (Lipinski definition) is 4. The largest absolute Gasteiger partial charge is 0.495 e. The highest BCUT2D eigenvalue weighted by atomic mass is 35.5. The first-order valence-corrected chi connectivity index (χ1v) is 7.38. The summed E-state index contributed by atoms with van der Waals surface area (Å²) in [6, 6.07) is 9.26. The van der Waals surface area contributed by atoms with Crippen LogP contribution in [0.4, 0.5) is 5.69 Å². The number of aryl methyl sites for hydroxylation is 1. The molecule has 0 spiro atoms. The van der Waals surface area contributed by atoms with Gasteiger partial charge in [-0.3, -0.25) is 4.79 Å². The molecule has 24 heavy (non-hydrogen) atoms. The Labute approximate surface area is 144 Å². The van der Waals surface area contributed by atoms with E-state index in [1.54, 1.807) is 18.2 Å². The molecule has 0 atom stereocenters. The maximum atomic E-state index is 12.0. The maximum absolute atomic E-state index is 12.0. The van der Waals surface area contributed by atoms with E-state index in [4.69, 9.17) is 26.2 Å². The fourth-order valence-corrected chi connectivity index (χ4v) is 2.10. The fraction of sp³-hybridized carbons (Fsp3) is 0.176. The molecule has 2 aromatic carbocycles. The number of benzene rings is 2. The number of hydrogen-bond donors (Lipinski definition) is 2. The topological polar surface area (TPSA) is 84.9 Å². The second-order valence-corrected chi connectivity index (χ2v) is 5.38. The summed E-state index contributed by atoms with van der Waals surface area (Å²) in [7, 11) is 1.43. The number of carbonyl (C=O) groups is 2. The van der Waals surface area contributed by atoms with Crippen LogP contribution in [0.5, 0.6) is 11.5 Å². The number of methoxy groups -OCH3 is 1. The van der Waals surface area contributed by atoms with Crippen LogP contribution in [0.2, 0.25) is 5.02 Å². The molecular formula is C17H16ClNO5. The van der Waals surface area contributed by atoms with Gasteiger partial charge < -0.3 is 19.9 Å². The molecule has 0 aliphatic rings. The zero-order valence-corrected chi connectivity index (χ0v) is 13.9. The molecule has 0 bridgehead atoms. The lowest BCUT2D eigenvalue weighted by molar-refractivity contribution is -0.118. The van der Waals surface area contributed by atoms with E-state index >= 15 is 0 Å². The number of nitrogens with one attached hydrogen (secondary N) is 1. The monoisotopic (exact) mass is 349 g/mol. The Hall–Kier alpha value is -2.73. The van der Waals surface area contributed by atoms with E-state index in [-0.39, 0.29) is 17.9 Å². The van der Waals surface area contributed by atoms with Crippen LogP contribution < -0.4 is 14.8 Å². The molecule has 0 aliphatic heterocycles. The maximum Gasteiger partial charge on any atom is 0.335 e. The fourth-order valence-electron chi connectivity index (χ4n) is 1.98. The van der Waals surface area contributed by atoms with Crippen LogP contribution in [0.3, 0.4) is 0 Å². The molecule has 0 fully saturated rings. The third-order valence-electron chi connectivity index (χ3n) is 3.22. The van der Waals surface area contributed by atoms with Crippen LogP contribution in [0.15, 0.2) is 36.4 Å². The predicted octanol–water partition coefficient (Wildman–Crippen LogP) is 3.37. The highest BCUT2D eigenvalue weighted by Gasteiger charge is 2.12. The summed E-state index contributed by atoms with van der Waals surface area (Å²) >= 11 is 5.93. The van der Waals surface area contributed by atoms with Crippen LogP contribution in [0, 0.1) is 6.92 Å². The van der Waals surface area contributed by atoms with Crippen molar-refractivity contribution >= 4 is 29.2 Å². The number of carboxylic acid groups (broad SMARTS) is 1. The van der Waals surface area contributed by atoms with Crippen molar-refractivity contribution in [3.8, 4) is 11.5 Å². The quantitative estimate of drug-likeness (QED) is 0.835. The number of ether oxygens (including phenoxy) is 2. The molecule has 7 heteroatoms. The molecule has 2 aromatic rings. The number of amides is 1. The number of halogens is 1. The molecule has 0 aliphatic carbocycles. The molecule has 0 aromatic heterocycles. The van der Waals surface area contributed by atoms with Gasteiger partial charge >= 0.3 is 5.97 Å². The van der Waals surface area contributed by atoms with Crippen LogP contribution in [-0.2, 0) is 4.79 Å². The van der Waals surface area contributed by atoms with Crippen molar-refractivity contribution in [1.82, 2.24) is 0 Å². The summed E-state index contributed by atoms with van der Waals surface area (Å²) in [6.45, 7) is 1.60. The van der Waals surface area contributed by atoms with Gasteiger partial charge in [-0.15, -0.1) is 0 Å². The first kappa shape index (κ1) is 17.6. The zero-order chi connectivity index (χ0) is 17.7. The Balaban J connectivity index is 2.04. The van der Waals surface area contributed by atoms with Crippen LogP contribution in [0.1, 0.15) is 15.9 Å². The summed E-state index contributed by atoms with van der Waals surface area (Å²) in [5.41, 5.74) is 1.14. The van der Waals surface area contributed by atoms with Crippen molar-refractivity contribution in [2.45, 2.75) is 6.92 Å². The number of anilines is 1. The third kappa shape index (κ3) is 4.39. The number of carboxylic acids is 1. The molecular weight excluding hydrogens is 334 g/mol. The van der Waals surface area contributed by atoms with Gasteiger partial charge in [0.25, 0.3) is 5.91 Å². The second-order valence-electron chi connectivity index (χ2n) is 4.97. The van der Waals surface area contributed by atoms with Crippen molar-refractivity contribution in [1.29, 1.82) is 0 Å². The highest BCUT2D eigenvalue weighted by Crippen LogP contribution is 2.26. The molecule has 0 unspecified atom stereocenters. The van der Waals surface area contributed by atoms with E-state index in [1.807, 2.05) is 6.92 Å². The Bertz CT molecular complexity index is 776. The molecule has 0 heterocycles. The van der Waals surface area contributed by atoms with Gasteiger partial charge in [-0.2, -0.15) is 0 Å². The summed E-state index contributed by atoms with van der Waals surface area (Å²) in [4.78, 5) is 23.0.